The Kier molecular flexibility index (Phi) is 10.5. The Bertz CT molecular complexity index is 1520. The summed E-state index contributed by atoms with van der Waals surface area (Å²) in [4.78, 5) is 13.4. The van der Waals surface area contributed by atoms with Crippen molar-refractivity contribution in [1.29, 1.82) is 0 Å². The molecular weight excluding hydrogens is 588 g/mol. The molecule has 0 saturated carbocycles. The van der Waals surface area contributed by atoms with Crippen LogP contribution in [0.4, 0.5) is 31.1 Å². The number of ether oxygens (including phenoxy) is 1. The lowest BCUT2D eigenvalue weighted by Crippen LogP contribution is -2.52. The van der Waals surface area contributed by atoms with Crippen molar-refractivity contribution in [2.45, 2.75) is 50.2 Å². The van der Waals surface area contributed by atoms with Crippen molar-refractivity contribution in [2.75, 3.05) is 6.54 Å². The van der Waals surface area contributed by atoms with Crippen LogP contribution in [0.1, 0.15) is 41.8 Å². The van der Waals surface area contributed by atoms with Gasteiger partial charge in [0.2, 0.25) is 0 Å². The van der Waals surface area contributed by atoms with Crippen LogP contribution in [-0.2, 0) is 25.4 Å². The van der Waals surface area contributed by atoms with Crippen molar-refractivity contribution in [1.82, 2.24) is 25.4 Å². The SMILES string of the molecule is Cn1cnnc1CCCCCNC(=O)N[C@](Cc1ccccc1)(c1ccc(F)cc1)c1cc(F)cc(OC(F)(F)C(F)F)c1. The van der Waals surface area contributed by atoms with Gasteiger partial charge in [-0.25, -0.2) is 13.6 Å². The van der Waals surface area contributed by atoms with E-state index in [1.54, 1.807) is 36.7 Å². The standard InChI is InChI=1S/C31H31F6N5O2/c1-42-20-39-41-27(42)10-6-3-7-15-38-29(43)40-30(19-21-8-4-2-5-9-21,22-11-13-24(32)14-12-22)23-16-25(33)18-26(17-23)44-31(36,37)28(34)35/h2,4-5,8-9,11-14,16-18,20,28H,3,6-7,10,15,19H2,1H3,(H2,38,40,43)/t30-/m1/s1. The van der Waals surface area contributed by atoms with Crippen molar-refractivity contribution in [3.05, 3.63) is 113 Å². The second kappa shape index (κ2) is 14.3. The Morgan fingerprint density at radius 3 is 2.32 bits per heavy atom. The first-order chi connectivity index (χ1) is 21.0. The topological polar surface area (TPSA) is 81.1 Å². The lowest BCUT2D eigenvalue weighted by molar-refractivity contribution is -0.253. The van der Waals surface area contributed by atoms with Gasteiger partial charge in [0, 0.05) is 32.5 Å². The van der Waals surface area contributed by atoms with E-state index < -0.39 is 41.5 Å². The van der Waals surface area contributed by atoms with Crippen LogP contribution in [0.15, 0.2) is 79.1 Å². The molecule has 0 radical (unpaired) electrons. The molecule has 234 valence electrons. The van der Waals surface area contributed by atoms with Crippen molar-refractivity contribution >= 4 is 6.03 Å². The molecule has 1 aromatic heterocycles. The molecule has 2 N–H and O–H groups in total. The number of hydrogen-bond donors (Lipinski definition) is 2. The normalized spacial score (nSPS) is 13.0. The minimum absolute atomic E-state index is 0.0429. The lowest BCUT2D eigenvalue weighted by Gasteiger charge is -2.37. The molecular formula is C31H31F6N5O2. The highest BCUT2D eigenvalue weighted by molar-refractivity contribution is 5.76. The van der Waals surface area contributed by atoms with Crippen LogP contribution in [0.25, 0.3) is 0 Å². The highest BCUT2D eigenvalue weighted by Crippen LogP contribution is 2.37. The largest absolute Gasteiger partial charge is 0.461 e. The van der Waals surface area contributed by atoms with Gasteiger partial charge in [0.15, 0.2) is 0 Å². The number of alkyl halides is 4. The molecule has 4 aromatic rings. The minimum atomic E-state index is -4.90. The molecule has 4 rings (SSSR count). The van der Waals surface area contributed by atoms with Gasteiger partial charge in [-0.05, 0) is 53.8 Å². The van der Waals surface area contributed by atoms with Crippen molar-refractivity contribution < 1.29 is 35.9 Å². The van der Waals surface area contributed by atoms with E-state index in [2.05, 4.69) is 25.6 Å². The third kappa shape index (κ3) is 8.29. The molecule has 0 aliphatic carbocycles. The van der Waals surface area contributed by atoms with Crippen LogP contribution >= 0.6 is 0 Å². The van der Waals surface area contributed by atoms with Gasteiger partial charge in [-0.2, -0.15) is 17.6 Å². The molecule has 7 nitrogen and oxygen atoms in total. The van der Waals surface area contributed by atoms with Crippen LogP contribution < -0.4 is 15.4 Å². The zero-order chi connectivity index (χ0) is 31.7. The molecule has 2 amide bonds. The van der Waals surface area contributed by atoms with E-state index in [4.69, 9.17) is 0 Å². The first-order valence-corrected chi connectivity index (χ1v) is 13.8. The number of benzene rings is 3. The second-order valence-corrected chi connectivity index (χ2v) is 10.3. The summed E-state index contributed by atoms with van der Waals surface area (Å²) < 4.78 is 88.4. The van der Waals surface area contributed by atoms with Crippen LogP contribution in [0.5, 0.6) is 5.75 Å². The van der Waals surface area contributed by atoms with E-state index in [9.17, 15) is 31.1 Å². The Hall–Kier alpha value is -4.55. The van der Waals surface area contributed by atoms with E-state index in [0.29, 0.717) is 24.5 Å². The molecule has 0 aliphatic heterocycles. The van der Waals surface area contributed by atoms with Gasteiger partial charge in [-0.15, -0.1) is 10.2 Å². The molecule has 13 heteroatoms. The fourth-order valence-electron chi connectivity index (χ4n) is 4.82. The average Bonchev–Trinajstić information content (AvgIpc) is 3.39. The van der Waals surface area contributed by atoms with Crippen LogP contribution in [0.2, 0.25) is 0 Å². The average molecular weight is 620 g/mol. The van der Waals surface area contributed by atoms with Crippen molar-refractivity contribution in [3.63, 3.8) is 0 Å². The third-order valence-corrected chi connectivity index (χ3v) is 7.02. The third-order valence-electron chi connectivity index (χ3n) is 7.02. The number of hydrogen-bond acceptors (Lipinski definition) is 4. The predicted molar refractivity (Wildman–Crippen MR) is 150 cm³/mol. The number of halogens is 6. The highest BCUT2D eigenvalue weighted by Gasteiger charge is 2.45. The van der Waals surface area contributed by atoms with E-state index >= 15 is 0 Å². The maximum atomic E-state index is 14.9. The van der Waals surface area contributed by atoms with E-state index in [0.717, 1.165) is 42.9 Å². The number of amides is 2. The molecule has 0 saturated heterocycles. The number of carbonyl (C=O) groups is 1. The Labute approximate surface area is 250 Å². The van der Waals surface area contributed by atoms with Gasteiger partial charge in [0.05, 0.1) is 5.54 Å². The monoisotopic (exact) mass is 619 g/mol. The van der Waals surface area contributed by atoms with Crippen LogP contribution in [-0.4, -0.2) is 39.9 Å². The zero-order valence-electron chi connectivity index (χ0n) is 23.8. The number of aromatic nitrogens is 3. The second-order valence-electron chi connectivity index (χ2n) is 10.3. The first kappa shape index (κ1) is 32.4. The fourth-order valence-corrected chi connectivity index (χ4v) is 4.82. The Morgan fingerprint density at radius 1 is 0.932 bits per heavy atom. The van der Waals surface area contributed by atoms with Gasteiger partial charge >= 0.3 is 18.6 Å². The number of nitrogens with zero attached hydrogens (tertiary/aromatic N) is 3. The highest BCUT2D eigenvalue weighted by atomic mass is 19.3. The van der Waals surface area contributed by atoms with Gasteiger partial charge in [0.25, 0.3) is 0 Å². The summed E-state index contributed by atoms with van der Waals surface area (Å²) in [5, 5.41) is 13.5. The number of aryl methyl sites for hydroxylation is 2. The molecule has 0 spiro atoms. The molecule has 1 heterocycles. The van der Waals surface area contributed by atoms with Crippen molar-refractivity contribution in [3.8, 4) is 5.75 Å². The van der Waals surface area contributed by atoms with Crippen LogP contribution in [0, 0.1) is 11.6 Å². The van der Waals surface area contributed by atoms with Gasteiger partial charge in [0.1, 0.15) is 29.5 Å². The fraction of sp³-hybridized carbons (Fsp3) is 0.323. The maximum absolute atomic E-state index is 14.9. The smallest absolute Gasteiger partial charge is 0.428 e. The first-order valence-electron chi connectivity index (χ1n) is 13.8. The summed E-state index contributed by atoms with van der Waals surface area (Å²) in [5.74, 6) is -1.71. The molecule has 44 heavy (non-hydrogen) atoms. The minimum Gasteiger partial charge on any atom is -0.428 e. The van der Waals surface area contributed by atoms with Crippen LogP contribution in [0.3, 0.4) is 0 Å². The number of nitrogens with one attached hydrogen (secondary N) is 2. The lowest BCUT2D eigenvalue weighted by atomic mass is 9.77. The summed E-state index contributed by atoms with van der Waals surface area (Å²) >= 11 is 0. The summed E-state index contributed by atoms with van der Waals surface area (Å²) in [6, 6.07) is 15.5. The van der Waals surface area contributed by atoms with E-state index in [-0.39, 0.29) is 24.1 Å². The quantitative estimate of drug-likeness (QED) is 0.124. The number of unbranched alkanes of at least 4 members (excludes halogenated alkanes) is 2. The number of rotatable bonds is 14. The number of carbonyl (C=O) groups excluding carboxylic acids is 1. The summed E-state index contributed by atoms with van der Waals surface area (Å²) in [5.41, 5.74) is -0.846. The molecule has 0 unspecified atom stereocenters. The summed E-state index contributed by atoms with van der Waals surface area (Å²) in [7, 11) is 1.85. The molecule has 0 aliphatic rings. The van der Waals surface area contributed by atoms with Crippen molar-refractivity contribution in [2.24, 2.45) is 7.05 Å². The van der Waals surface area contributed by atoms with Gasteiger partial charge in [-0.1, -0.05) is 48.9 Å². The molecule has 1 atom stereocenters. The summed E-state index contributed by atoms with van der Waals surface area (Å²) in [6.07, 6.45) is -4.61. The molecule has 0 bridgehead atoms. The maximum Gasteiger partial charge on any atom is 0.461 e. The molecule has 0 fully saturated rings. The number of urea groups is 1. The summed E-state index contributed by atoms with van der Waals surface area (Å²) in [6.45, 7) is 0.271. The zero-order valence-corrected chi connectivity index (χ0v) is 23.8. The van der Waals surface area contributed by atoms with E-state index in [1.165, 1.54) is 12.1 Å². The van der Waals surface area contributed by atoms with Gasteiger partial charge < -0.3 is 19.9 Å². The van der Waals surface area contributed by atoms with E-state index in [1.807, 2.05) is 11.6 Å². The van der Waals surface area contributed by atoms with Gasteiger partial charge in [-0.3, -0.25) is 0 Å². The Morgan fingerprint density at radius 2 is 1.66 bits per heavy atom. The Balaban J connectivity index is 1.64. The molecule has 3 aromatic carbocycles. The predicted octanol–water partition coefficient (Wildman–Crippen LogP) is 6.53.